The third-order valence-corrected chi connectivity index (χ3v) is 4.35. The van der Waals surface area contributed by atoms with Gasteiger partial charge in [-0.1, -0.05) is 78.3 Å². The van der Waals surface area contributed by atoms with Crippen LogP contribution in [0.25, 0.3) is 0 Å². The van der Waals surface area contributed by atoms with Gasteiger partial charge in [0.2, 0.25) is 0 Å². The summed E-state index contributed by atoms with van der Waals surface area (Å²) >= 11 is 6.06. The van der Waals surface area contributed by atoms with Crippen LogP contribution in [-0.4, -0.2) is 0 Å². The molecule has 0 saturated carbocycles. The van der Waals surface area contributed by atoms with Crippen molar-refractivity contribution >= 4 is 17.3 Å². The molecule has 0 heterocycles. The van der Waals surface area contributed by atoms with Gasteiger partial charge in [-0.05, 0) is 28.8 Å². The van der Waals surface area contributed by atoms with Crippen LogP contribution in [-0.2, 0) is 5.41 Å². The lowest BCUT2D eigenvalue weighted by Crippen LogP contribution is -2.27. The summed E-state index contributed by atoms with van der Waals surface area (Å²) in [5.74, 6) is 0. The summed E-state index contributed by atoms with van der Waals surface area (Å²) in [6.07, 6.45) is 0. The van der Waals surface area contributed by atoms with Gasteiger partial charge in [0.05, 0.1) is 16.8 Å². The van der Waals surface area contributed by atoms with Gasteiger partial charge in [-0.2, -0.15) is 5.26 Å². The van der Waals surface area contributed by atoms with Gasteiger partial charge >= 0.3 is 0 Å². The molecule has 3 heteroatoms. The summed E-state index contributed by atoms with van der Waals surface area (Å²) in [5.41, 5.74) is 8.13. The van der Waals surface area contributed by atoms with Crippen LogP contribution in [0.5, 0.6) is 0 Å². The zero-order valence-corrected chi connectivity index (χ0v) is 13.2. The molecular formula is C20H15ClN2. The molecule has 23 heavy (non-hydrogen) atoms. The van der Waals surface area contributed by atoms with E-state index in [0.29, 0.717) is 10.7 Å². The van der Waals surface area contributed by atoms with Crippen LogP contribution >= 0.6 is 11.6 Å². The molecule has 0 radical (unpaired) electrons. The quantitative estimate of drug-likeness (QED) is 0.558. The smallest absolute Gasteiger partial charge is 0.132 e. The zero-order valence-electron chi connectivity index (χ0n) is 12.4. The maximum atomic E-state index is 10.2. The Kier molecular flexibility index (Phi) is 4.06. The van der Waals surface area contributed by atoms with Crippen molar-refractivity contribution in [1.82, 2.24) is 0 Å². The van der Waals surface area contributed by atoms with Crippen molar-refractivity contribution in [2.45, 2.75) is 5.41 Å². The fraction of sp³-hybridized carbons (Fsp3) is 0.0500. The van der Waals surface area contributed by atoms with E-state index in [1.807, 2.05) is 66.7 Å². The molecule has 0 unspecified atom stereocenters. The second kappa shape index (κ2) is 6.16. The van der Waals surface area contributed by atoms with E-state index in [1.54, 1.807) is 12.1 Å². The lowest BCUT2D eigenvalue weighted by molar-refractivity contribution is 0.795. The van der Waals surface area contributed by atoms with Crippen molar-refractivity contribution in [3.8, 4) is 6.07 Å². The third-order valence-electron chi connectivity index (χ3n) is 4.01. The summed E-state index contributed by atoms with van der Waals surface area (Å²) in [4.78, 5) is 0. The van der Waals surface area contributed by atoms with E-state index in [2.05, 4.69) is 6.07 Å². The van der Waals surface area contributed by atoms with Gasteiger partial charge in [0.1, 0.15) is 5.41 Å². The van der Waals surface area contributed by atoms with Gasteiger partial charge in [-0.3, -0.25) is 0 Å². The molecule has 0 spiro atoms. The second-order valence-corrected chi connectivity index (χ2v) is 5.74. The van der Waals surface area contributed by atoms with Gasteiger partial charge in [-0.15, -0.1) is 0 Å². The minimum Gasteiger partial charge on any atom is -0.398 e. The Morgan fingerprint density at radius 2 is 1.30 bits per heavy atom. The Labute approximate surface area is 140 Å². The Balaban J connectivity index is 2.34. The Bertz CT molecular complexity index is 812. The molecule has 3 rings (SSSR count). The molecule has 112 valence electrons. The maximum Gasteiger partial charge on any atom is 0.132 e. The molecule has 0 saturated heterocycles. The van der Waals surface area contributed by atoms with Gasteiger partial charge in [0, 0.05) is 0 Å². The summed E-state index contributed by atoms with van der Waals surface area (Å²) < 4.78 is 0. The number of hydrogen-bond donors (Lipinski definition) is 1. The minimum atomic E-state index is -0.929. The van der Waals surface area contributed by atoms with Crippen molar-refractivity contribution in [3.05, 3.63) is 101 Å². The molecule has 0 aromatic heterocycles. The van der Waals surface area contributed by atoms with Gasteiger partial charge in [0.15, 0.2) is 0 Å². The Morgan fingerprint density at radius 3 is 1.74 bits per heavy atom. The largest absolute Gasteiger partial charge is 0.398 e. The van der Waals surface area contributed by atoms with E-state index in [0.717, 1.165) is 16.7 Å². The molecule has 3 aromatic rings. The topological polar surface area (TPSA) is 49.8 Å². The van der Waals surface area contributed by atoms with E-state index < -0.39 is 5.41 Å². The number of rotatable bonds is 3. The number of benzene rings is 3. The van der Waals surface area contributed by atoms with Gasteiger partial charge < -0.3 is 5.73 Å². The average molecular weight is 319 g/mol. The van der Waals surface area contributed by atoms with Crippen LogP contribution in [0.4, 0.5) is 5.69 Å². The number of nitrogen functional groups attached to an aromatic ring is 1. The normalized spacial score (nSPS) is 11.0. The minimum absolute atomic E-state index is 0.468. The van der Waals surface area contributed by atoms with Crippen LogP contribution in [0.3, 0.4) is 0 Å². The first-order valence-electron chi connectivity index (χ1n) is 7.26. The molecule has 0 aliphatic carbocycles. The van der Waals surface area contributed by atoms with Crippen molar-refractivity contribution in [3.63, 3.8) is 0 Å². The first kappa shape index (κ1) is 15.1. The standard InChI is InChI=1S/C20H15ClN2/c21-18-12-11-17(13-19(18)23)20(14-22,15-7-3-1-4-8-15)16-9-5-2-6-10-16/h1-13H,23H2. The number of nitrogens with zero attached hydrogens (tertiary/aromatic N) is 1. The molecule has 2 nitrogen and oxygen atoms in total. The average Bonchev–Trinajstić information content (AvgIpc) is 2.61. The van der Waals surface area contributed by atoms with Crippen LogP contribution < -0.4 is 5.73 Å². The summed E-state index contributed by atoms with van der Waals surface area (Å²) in [6, 6.07) is 27.3. The van der Waals surface area contributed by atoms with Gasteiger partial charge in [-0.25, -0.2) is 0 Å². The van der Waals surface area contributed by atoms with Crippen LogP contribution in [0, 0.1) is 11.3 Å². The lowest BCUT2D eigenvalue weighted by Gasteiger charge is -2.29. The van der Waals surface area contributed by atoms with E-state index in [1.165, 1.54) is 0 Å². The van der Waals surface area contributed by atoms with Crippen molar-refractivity contribution in [2.24, 2.45) is 0 Å². The molecule has 0 aliphatic rings. The highest BCUT2D eigenvalue weighted by molar-refractivity contribution is 6.33. The predicted octanol–water partition coefficient (Wildman–Crippen LogP) is 4.78. The first-order valence-corrected chi connectivity index (χ1v) is 7.64. The zero-order chi connectivity index (χ0) is 16.3. The summed E-state index contributed by atoms with van der Waals surface area (Å²) in [5, 5.41) is 10.7. The fourth-order valence-corrected chi connectivity index (χ4v) is 2.96. The van der Waals surface area contributed by atoms with Crippen molar-refractivity contribution in [1.29, 1.82) is 5.26 Å². The third kappa shape index (κ3) is 2.56. The Morgan fingerprint density at radius 1 is 0.783 bits per heavy atom. The lowest BCUT2D eigenvalue weighted by atomic mass is 9.70. The van der Waals surface area contributed by atoms with E-state index >= 15 is 0 Å². The second-order valence-electron chi connectivity index (χ2n) is 5.33. The first-order chi connectivity index (χ1) is 11.2. The highest BCUT2D eigenvalue weighted by Gasteiger charge is 2.36. The number of halogens is 1. The molecule has 0 aliphatic heterocycles. The number of nitriles is 1. The van der Waals surface area contributed by atoms with E-state index in [-0.39, 0.29) is 0 Å². The number of anilines is 1. The molecule has 0 atom stereocenters. The van der Waals surface area contributed by atoms with E-state index in [9.17, 15) is 5.26 Å². The fourth-order valence-electron chi connectivity index (χ4n) is 2.85. The highest BCUT2D eigenvalue weighted by atomic mass is 35.5. The van der Waals surface area contributed by atoms with Gasteiger partial charge in [0.25, 0.3) is 0 Å². The maximum absolute atomic E-state index is 10.2. The molecule has 3 aromatic carbocycles. The van der Waals surface area contributed by atoms with Crippen molar-refractivity contribution < 1.29 is 0 Å². The molecule has 0 fully saturated rings. The molecule has 2 N–H and O–H groups in total. The summed E-state index contributed by atoms with van der Waals surface area (Å²) in [7, 11) is 0. The van der Waals surface area contributed by atoms with Crippen LogP contribution in [0.15, 0.2) is 78.9 Å². The predicted molar refractivity (Wildman–Crippen MR) is 94.2 cm³/mol. The highest BCUT2D eigenvalue weighted by Crippen LogP contribution is 2.40. The summed E-state index contributed by atoms with van der Waals surface area (Å²) in [6.45, 7) is 0. The van der Waals surface area contributed by atoms with Crippen LogP contribution in [0.2, 0.25) is 5.02 Å². The number of nitrogens with two attached hydrogens (primary N) is 1. The number of hydrogen-bond acceptors (Lipinski definition) is 2. The molecule has 0 bridgehead atoms. The van der Waals surface area contributed by atoms with Crippen LogP contribution in [0.1, 0.15) is 16.7 Å². The molecule has 0 amide bonds. The van der Waals surface area contributed by atoms with E-state index in [4.69, 9.17) is 17.3 Å². The van der Waals surface area contributed by atoms with Crippen molar-refractivity contribution in [2.75, 3.05) is 5.73 Å². The molecular weight excluding hydrogens is 304 g/mol. The monoisotopic (exact) mass is 318 g/mol. The Hall–Kier alpha value is -2.76. The SMILES string of the molecule is N#CC(c1ccccc1)(c1ccccc1)c1ccc(Cl)c(N)c1.